The van der Waals surface area contributed by atoms with Crippen molar-refractivity contribution >= 4 is 70.5 Å². The SMILES string of the molecule is CC(=O)Nc1cc(N(C)CCCCS(=O)(=O)NC2CC(C)(C)N([O-])C(C)(C)C2)ccc1N=Nc1snc2ccc(S(=O)(=O)[O-])cc12.[Na+]. The maximum atomic E-state index is 12.9. The zero-order chi connectivity index (χ0) is 34.1. The van der Waals surface area contributed by atoms with Gasteiger partial charge >= 0.3 is 29.6 Å². The zero-order valence-corrected chi connectivity index (χ0v) is 32.1. The van der Waals surface area contributed by atoms with Crippen LogP contribution >= 0.6 is 11.5 Å². The van der Waals surface area contributed by atoms with Gasteiger partial charge in [-0.2, -0.15) is 4.37 Å². The number of azo groups is 1. The van der Waals surface area contributed by atoms with E-state index in [1.807, 2.05) is 39.6 Å². The van der Waals surface area contributed by atoms with Crippen LogP contribution in [0.1, 0.15) is 60.3 Å². The van der Waals surface area contributed by atoms with E-state index in [4.69, 9.17) is 0 Å². The van der Waals surface area contributed by atoms with Gasteiger partial charge in [0.15, 0.2) is 5.00 Å². The number of sulfonamides is 1. The van der Waals surface area contributed by atoms with Crippen LogP contribution in [-0.2, 0) is 24.9 Å². The van der Waals surface area contributed by atoms with Crippen molar-refractivity contribution in [3.8, 4) is 0 Å². The number of carbonyl (C=O) groups is 1. The number of fused-ring (bicyclic) bond motifs is 1. The molecular weight excluding hydrogens is 678 g/mol. The fraction of sp³-hybridized carbons (Fsp3) is 0.517. The number of carbonyl (C=O) groups excluding carboxylic acids is 1. The molecule has 1 fully saturated rings. The number of rotatable bonds is 12. The van der Waals surface area contributed by atoms with Gasteiger partial charge in [0, 0.05) is 48.7 Å². The molecule has 0 radical (unpaired) electrons. The molecule has 252 valence electrons. The van der Waals surface area contributed by atoms with Gasteiger partial charge in [-0.3, -0.25) is 4.79 Å². The molecule has 1 aliphatic heterocycles. The zero-order valence-electron chi connectivity index (χ0n) is 27.6. The van der Waals surface area contributed by atoms with Crippen LogP contribution in [0.5, 0.6) is 0 Å². The van der Waals surface area contributed by atoms with Gasteiger partial charge in [-0.15, -0.1) is 10.2 Å². The van der Waals surface area contributed by atoms with Crippen LogP contribution in [0.3, 0.4) is 0 Å². The molecule has 1 amide bonds. The molecule has 47 heavy (non-hydrogen) atoms. The second-order valence-corrected chi connectivity index (χ2v) is 16.8. The molecule has 1 aliphatic rings. The normalized spacial score (nSPS) is 17.1. The van der Waals surface area contributed by atoms with Crippen molar-refractivity contribution in [1.82, 2.24) is 14.2 Å². The van der Waals surface area contributed by atoms with E-state index < -0.39 is 36.1 Å². The number of benzene rings is 2. The summed E-state index contributed by atoms with van der Waals surface area (Å²) >= 11 is 0.987. The van der Waals surface area contributed by atoms with Gasteiger partial charge in [0.1, 0.15) is 15.8 Å². The molecule has 2 heterocycles. The van der Waals surface area contributed by atoms with Crippen LogP contribution in [0, 0.1) is 5.21 Å². The largest absolute Gasteiger partial charge is 1.00 e. The van der Waals surface area contributed by atoms with Crippen molar-refractivity contribution in [3.05, 3.63) is 41.6 Å². The first kappa shape index (κ1) is 39.4. The van der Waals surface area contributed by atoms with Crippen molar-refractivity contribution in [2.75, 3.05) is 29.6 Å². The van der Waals surface area contributed by atoms with Gasteiger partial charge in [-0.25, -0.2) is 21.6 Å². The molecule has 0 unspecified atom stereocenters. The number of unbranched alkanes of at least 4 members (excludes halogenated alkanes) is 1. The summed E-state index contributed by atoms with van der Waals surface area (Å²) in [7, 11) is -6.35. The van der Waals surface area contributed by atoms with Crippen LogP contribution in [0.15, 0.2) is 51.5 Å². The minimum atomic E-state index is -4.66. The van der Waals surface area contributed by atoms with Crippen LogP contribution in [0.2, 0.25) is 0 Å². The number of nitrogens with one attached hydrogen (secondary N) is 2. The summed E-state index contributed by atoms with van der Waals surface area (Å²) in [5.41, 5.74) is 0.603. The van der Waals surface area contributed by atoms with Gasteiger partial charge in [0.05, 0.1) is 21.9 Å². The van der Waals surface area contributed by atoms with Crippen molar-refractivity contribution in [3.63, 3.8) is 0 Å². The number of piperidine rings is 1. The molecule has 0 saturated carbocycles. The van der Waals surface area contributed by atoms with E-state index in [0.717, 1.165) is 22.3 Å². The van der Waals surface area contributed by atoms with Crippen LogP contribution in [0.4, 0.5) is 22.1 Å². The molecule has 0 spiro atoms. The fourth-order valence-electron chi connectivity index (χ4n) is 5.80. The monoisotopic (exact) mass is 716 g/mol. The van der Waals surface area contributed by atoms with E-state index in [1.54, 1.807) is 18.2 Å². The number of hydrogen-bond donors (Lipinski definition) is 2. The van der Waals surface area contributed by atoms with Gasteiger partial charge in [0.2, 0.25) is 15.9 Å². The smallest absolute Gasteiger partial charge is 0.784 e. The molecule has 0 atom stereocenters. The van der Waals surface area contributed by atoms with Crippen molar-refractivity contribution in [2.45, 2.75) is 82.3 Å². The maximum absolute atomic E-state index is 12.9. The molecule has 0 aliphatic carbocycles. The quantitative estimate of drug-likeness (QED) is 0.121. The third-order valence-corrected chi connectivity index (χ3v) is 10.9. The van der Waals surface area contributed by atoms with Crippen LogP contribution < -0.4 is 44.5 Å². The summed E-state index contributed by atoms with van der Waals surface area (Å²) in [6, 6.07) is 8.70. The average molecular weight is 717 g/mol. The molecule has 2 N–H and O–H groups in total. The maximum Gasteiger partial charge on any atom is 1.00 e. The first-order chi connectivity index (χ1) is 21.3. The minimum Gasteiger partial charge on any atom is -0.784 e. The van der Waals surface area contributed by atoms with Gasteiger partial charge in [-0.05, 0) is 101 Å². The van der Waals surface area contributed by atoms with Crippen molar-refractivity contribution < 1.29 is 55.7 Å². The molecule has 0 bridgehead atoms. The molecule has 14 nitrogen and oxygen atoms in total. The fourth-order valence-corrected chi connectivity index (χ4v) is 8.36. The number of hydroxylamine groups is 2. The van der Waals surface area contributed by atoms with E-state index in [1.165, 1.54) is 25.1 Å². The first-order valence-corrected chi connectivity index (χ1v) is 18.5. The topological polar surface area (TPSA) is 200 Å². The van der Waals surface area contributed by atoms with Gasteiger partial charge in [0.25, 0.3) is 0 Å². The number of hydrogen-bond acceptors (Lipinski definition) is 13. The predicted molar refractivity (Wildman–Crippen MR) is 178 cm³/mol. The van der Waals surface area contributed by atoms with E-state index in [-0.39, 0.29) is 47.3 Å². The Balaban J connectivity index is 0.00000600. The Morgan fingerprint density at radius 3 is 2.34 bits per heavy atom. The summed E-state index contributed by atoms with van der Waals surface area (Å²) in [4.78, 5) is 13.5. The molecule has 1 aromatic heterocycles. The summed E-state index contributed by atoms with van der Waals surface area (Å²) in [5.74, 6) is -0.361. The van der Waals surface area contributed by atoms with E-state index in [0.29, 0.717) is 59.5 Å². The van der Waals surface area contributed by atoms with E-state index in [9.17, 15) is 31.4 Å². The minimum absolute atomic E-state index is 0. The van der Waals surface area contributed by atoms with E-state index >= 15 is 0 Å². The number of aromatic nitrogens is 1. The second-order valence-electron chi connectivity index (χ2n) is 12.8. The third kappa shape index (κ3) is 10.2. The van der Waals surface area contributed by atoms with Gasteiger partial charge in [-0.1, -0.05) is 0 Å². The molecule has 18 heteroatoms. The molecule has 3 aromatic rings. The average Bonchev–Trinajstić information content (AvgIpc) is 3.34. The summed E-state index contributed by atoms with van der Waals surface area (Å²) in [6.07, 6.45) is 1.88. The second kappa shape index (κ2) is 15.2. The Morgan fingerprint density at radius 1 is 1.06 bits per heavy atom. The number of nitrogens with zero attached hydrogens (tertiary/aromatic N) is 5. The van der Waals surface area contributed by atoms with E-state index in [2.05, 4.69) is 24.6 Å². The molecule has 4 rings (SSSR count). The summed E-state index contributed by atoms with van der Waals surface area (Å²) < 4.78 is 67.1. The Morgan fingerprint density at radius 2 is 1.72 bits per heavy atom. The van der Waals surface area contributed by atoms with Crippen molar-refractivity contribution in [2.24, 2.45) is 10.2 Å². The van der Waals surface area contributed by atoms with Crippen LogP contribution in [0.25, 0.3) is 10.9 Å². The first-order valence-electron chi connectivity index (χ1n) is 14.6. The third-order valence-electron chi connectivity index (χ3n) is 7.79. The Kier molecular flexibility index (Phi) is 12.8. The van der Waals surface area contributed by atoms with Gasteiger partial charge < -0.3 is 25.0 Å². The number of anilines is 2. The molecule has 1 saturated heterocycles. The molecule has 2 aromatic carbocycles. The Hall–Kier alpha value is -2.06. The summed E-state index contributed by atoms with van der Waals surface area (Å²) in [6.45, 7) is 9.22. The predicted octanol–water partition coefficient (Wildman–Crippen LogP) is 2.23. The molecular formula is C29H39N7NaO7S3-. The van der Waals surface area contributed by atoms with Crippen molar-refractivity contribution in [1.29, 1.82) is 0 Å². The standard InChI is InChI=1S/C29H40N7O7S3.Na/c1-19(37)30-26-15-21(9-11-25(26)31-32-27-23-16-22(46(41,42)43)10-12-24(23)33-44-27)35(6)13-7-8-14-45(39,40)34-20-17-28(2,3)36(38)29(4,5)18-20;/h9-12,15-16,20,34H,7-8,13-14,17-18H2,1-6H3,(H,30,37)(H,41,42,43);/q-1;+1/p-1. The Labute approximate surface area is 302 Å². The summed E-state index contributed by atoms with van der Waals surface area (Å²) in [5, 5.41) is 25.5. The Bertz CT molecular complexity index is 1830. The number of amides is 1. The van der Waals surface area contributed by atoms with Crippen LogP contribution in [-0.4, -0.2) is 73.2 Å².